The van der Waals surface area contributed by atoms with Crippen molar-refractivity contribution in [2.24, 2.45) is 5.92 Å². The smallest absolute Gasteiger partial charge is 0.232 e. The van der Waals surface area contributed by atoms with Crippen molar-refractivity contribution in [3.8, 4) is 11.6 Å². The first kappa shape index (κ1) is 21.8. The fraction of sp³-hybridized carbons (Fsp3) is 0.348. The number of pyridine rings is 1. The lowest BCUT2D eigenvalue weighted by Gasteiger charge is -2.38. The topological polar surface area (TPSA) is 65.3 Å². The summed E-state index contributed by atoms with van der Waals surface area (Å²) in [6.45, 7) is 0.799. The maximum atomic E-state index is 13.7. The van der Waals surface area contributed by atoms with Gasteiger partial charge in [-0.15, -0.1) is 10.2 Å². The Kier molecular flexibility index (Phi) is 5.76. The highest BCUT2D eigenvalue weighted by molar-refractivity contribution is 6.31. The highest BCUT2D eigenvalue weighted by atomic mass is 35.5. The van der Waals surface area contributed by atoms with Crippen LogP contribution in [0.25, 0.3) is 5.69 Å². The van der Waals surface area contributed by atoms with Gasteiger partial charge in [-0.05, 0) is 23.8 Å². The van der Waals surface area contributed by atoms with E-state index in [1.165, 1.54) is 12.1 Å². The zero-order valence-corrected chi connectivity index (χ0v) is 18.7. The van der Waals surface area contributed by atoms with Gasteiger partial charge in [0.1, 0.15) is 19.1 Å². The van der Waals surface area contributed by atoms with Gasteiger partial charge in [0, 0.05) is 35.5 Å². The van der Waals surface area contributed by atoms with Gasteiger partial charge >= 0.3 is 0 Å². The number of hydrogen-bond donors (Lipinski definition) is 0. The standard InChI is InChI=1S/C23H22ClF2N5O2/c1-32-21-5-3-17(11-27-21)31-20(13-33-9-8-25)28-29-22(31)30-12-15-6-7-23(15,14-30)18-4-2-16(26)10-19(18)24/h2-7,10-11,15H,8-9,12-14H2,1H3/t15-,23-/m0/s1. The summed E-state index contributed by atoms with van der Waals surface area (Å²) >= 11 is 6.43. The van der Waals surface area contributed by atoms with Crippen molar-refractivity contribution in [2.45, 2.75) is 12.0 Å². The second kappa shape index (κ2) is 8.72. The van der Waals surface area contributed by atoms with E-state index in [2.05, 4.69) is 32.2 Å². The normalized spacial score (nSPS) is 21.2. The fourth-order valence-electron chi connectivity index (χ4n) is 4.58. The largest absolute Gasteiger partial charge is 0.481 e. The molecule has 33 heavy (non-hydrogen) atoms. The lowest BCUT2D eigenvalue weighted by Crippen LogP contribution is -2.38. The molecule has 0 spiro atoms. The molecule has 10 heteroatoms. The quantitative estimate of drug-likeness (QED) is 0.365. The Morgan fingerprint density at radius 1 is 1.24 bits per heavy atom. The molecule has 1 aromatic carbocycles. The summed E-state index contributed by atoms with van der Waals surface area (Å²) in [6, 6.07) is 8.15. The van der Waals surface area contributed by atoms with E-state index in [-0.39, 0.29) is 30.4 Å². The molecule has 3 aromatic rings. The van der Waals surface area contributed by atoms with Crippen molar-refractivity contribution >= 4 is 17.5 Å². The number of hydrogen-bond acceptors (Lipinski definition) is 6. The van der Waals surface area contributed by atoms with E-state index in [9.17, 15) is 8.78 Å². The Morgan fingerprint density at radius 3 is 2.79 bits per heavy atom. The Labute approximate surface area is 194 Å². The zero-order chi connectivity index (χ0) is 23.0. The summed E-state index contributed by atoms with van der Waals surface area (Å²) in [5, 5.41) is 9.16. The van der Waals surface area contributed by atoms with Gasteiger partial charge in [-0.2, -0.15) is 0 Å². The lowest BCUT2D eigenvalue weighted by atomic mass is 9.65. The molecular weight excluding hydrogens is 452 g/mol. The lowest BCUT2D eigenvalue weighted by molar-refractivity contribution is 0.101. The minimum absolute atomic E-state index is 0.0229. The van der Waals surface area contributed by atoms with Crippen LogP contribution < -0.4 is 9.64 Å². The molecule has 0 radical (unpaired) electrons. The number of fused-ring (bicyclic) bond motifs is 1. The third-order valence-corrected chi connectivity index (χ3v) is 6.54. The maximum absolute atomic E-state index is 13.7. The van der Waals surface area contributed by atoms with Gasteiger partial charge in [0.05, 0.1) is 25.6 Å². The molecular formula is C23H22ClF2N5O2. The van der Waals surface area contributed by atoms with Crippen molar-refractivity contribution in [1.82, 2.24) is 19.7 Å². The van der Waals surface area contributed by atoms with Crippen LogP contribution in [0.15, 0.2) is 48.7 Å². The van der Waals surface area contributed by atoms with Crippen LogP contribution in [0.3, 0.4) is 0 Å². The fourth-order valence-corrected chi connectivity index (χ4v) is 4.93. The van der Waals surface area contributed by atoms with Crippen LogP contribution in [0, 0.1) is 11.7 Å². The van der Waals surface area contributed by atoms with Crippen LogP contribution in [-0.4, -0.2) is 53.2 Å². The molecule has 2 atom stereocenters. The van der Waals surface area contributed by atoms with Crippen LogP contribution in [0.5, 0.6) is 5.88 Å². The van der Waals surface area contributed by atoms with Crippen molar-refractivity contribution in [3.63, 3.8) is 0 Å². The van der Waals surface area contributed by atoms with Gasteiger partial charge in [0.25, 0.3) is 0 Å². The number of rotatable bonds is 8. The summed E-state index contributed by atoms with van der Waals surface area (Å²) in [5.74, 6) is 1.48. The number of alkyl halides is 1. The second-order valence-electron chi connectivity index (χ2n) is 8.06. The average Bonchev–Trinajstić information content (AvgIpc) is 3.33. The average molecular weight is 474 g/mol. The number of ether oxygens (including phenoxy) is 2. The van der Waals surface area contributed by atoms with E-state index in [1.807, 2.05) is 10.6 Å². The molecule has 0 amide bonds. The van der Waals surface area contributed by atoms with Gasteiger partial charge in [0.2, 0.25) is 11.8 Å². The SMILES string of the molecule is COc1ccc(-n2c(COCCF)nnc2N2C[C@@H]3C=C[C@]3(c3ccc(F)cc3Cl)C2)cn1. The van der Waals surface area contributed by atoms with Crippen LogP contribution in [0.2, 0.25) is 5.02 Å². The molecule has 0 unspecified atom stereocenters. The predicted molar refractivity (Wildman–Crippen MR) is 119 cm³/mol. The van der Waals surface area contributed by atoms with Gasteiger partial charge in [-0.3, -0.25) is 4.57 Å². The van der Waals surface area contributed by atoms with E-state index in [0.29, 0.717) is 35.8 Å². The van der Waals surface area contributed by atoms with E-state index in [1.54, 1.807) is 25.4 Å². The molecule has 7 nitrogen and oxygen atoms in total. The molecule has 3 heterocycles. The Balaban J connectivity index is 1.50. The van der Waals surface area contributed by atoms with Crippen LogP contribution >= 0.6 is 11.6 Å². The van der Waals surface area contributed by atoms with Crippen molar-refractivity contribution in [1.29, 1.82) is 0 Å². The summed E-state index contributed by atoms with van der Waals surface area (Å²) < 4.78 is 38.6. The molecule has 1 saturated heterocycles. The highest BCUT2D eigenvalue weighted by Crippen LogP contribution is 2.50. The molecule has 0 saturated carbocycles. The van der Waals surface area contributed by atoms with Gasteiger partial charge in [-0.25, -0.2) is 13.8 Å². The van der Waals surface area contributed by atoms with E-state index in [4.69, 9.17) is 21.1 Å². The minimum Gasteiger partial charge on any atom is -0.481 e. The van der Waals surface area contributed by atoms with E-state index < -0.39 is 6.67 Å². The predicted octanol–water partition coefficient (Wildman–Crippen LogP) is 3.89. The van der Waals surface area contributed by atoms with Crippen molar-refractivity contribution in [2.75, 3.05) is 38.4 Å². The summed E-state index contributed by atoms with van der Waals surface area (Å²) in [5.41, 5.74) is 1.30. The number of aromatic nitrogens is 4. The molecule has 2 aromatic heterocycles. The van der Waals surface area contributed by atoms with Crippen LogP contribution in [0.4, 0.5) is 14.7 Å². The number of halogens is 3. The van der Waals surface area contributed by atoms with Crippen LogP contribution in [0.1, 0.15) is 11.4 Å². The van der Waals surface area contributed by atoms with E-state index >= 15 is 0 Å². The first-order chi connectivity index (χ1) is 16.1. The van der Waals surface area contributed by atoms with Gasteiger partial charge in [0.15, 0.2) is 5.82 Å². The first-order valence-corrected chi connectivity index (χ1v) is 10.9. The van der Waals surface area contributed by atoms with Crippen molar-refractivity contribution < 1.29 is 18.3 Å². The molecule has 1 aliphatic carbocycles. The highest BCUT2D eigenvalue weighted by Gasteiger charge is 2.51. The Hall–Kier alpha value is -3.04. The molecule has 1 aliphatic heterocycles. The summed E-state index contributed by atoms with van der Waals surface area (Å²) in [4.78, 5) is 6.42. The van der Waals surface area contributed by atoms with Crippen molar-refractivity contribution in [3.05, 3.63) is 70.9 Å². The molecule has 0 bridgehead atoms. The monoisotopic (exact) mass is 473 g/mol. The van der Waals surface area contributed by atoms with Gasteiger partial charge in [-0.1, -0.05) is 29.8 Å². The molecule has 172 valence electrons. The molecule has 0 N–H and O–H groups in total. The zero-order valence-electron chi connectivity index (χ0n) is 17.9. The van der Waals surface area contributed by atoms with Gasteiger partial charge < -0.3 is 14.4 Å². The van der Waals surface area contributed by atoms with E-state index in [0.717, 1.165) is 11.3 Å². The first-order valence-electron chi connectivity index (χ1n) is 10.5. The third-order valence-electron chi connectivity index (χ3n) is 6.23. The number of methoxy groups -OCH3 is 1. The Bertz CT molecular complexity index is 1190. The second-order valence-corrected chi connectivity index (χ2v) is 8.47. The summed E-state index contributed by atoms with van der Waals surface area (Å²) in [7, 11) is 1.55. The number of nitrogens with zero attached hydrogens (tertiary/aromatic N) is 5. The maximum Gasteiger partial charge on any atom is 0.232 e. The Morgan fingerprint density at radius 2 is 2.12 bits per heavy atom. The molecule has 1 fully saturated rings. The number of anilines is 1. The summed E-state index contributed by atoms with van der Waals surface area (Å²) in [6.07, 6.45) is 5.93. The number of benzene rings is 1. The third kappa shape index (κ3) is 3.75. The van der Waals surface area contributed by atoms with Crippen LogP contribution in [-0.2, 0) is 16.8 Å². The molecule has 5 rings (SSSR count). The molecule has 2 aliphatic rings. The minimum atomic E-state index is -0.578.